The molecule has 5 heteroatoms. The van der Waals surface area contributed by atoms with E-state index in [9.17, 15) is 4.39 Å². The molecule has 2 unspecified atom stereocenters. The molecule has 2 nitrogen and oxygen atoms in total. The van der Waals surface area contributed by atoms with Gasteiger partial charge in [-0.05, 0) is 40.8 Å². The van der Waals surface area contributed by atoms with Gasteiger partial charge >= 0.3 is 0 Å². The van der Waals surface area contributed by atoms with Crippen molar-refractivity contribution >= 4 is 38.6 Å². The summed E-state index contributed by atoms with van der Waals surface area (Å²) in [5.41, 5.74) is 1.68. The van der Waals surface area contributed by atoms with Gasteiger partial charge in [-0.25, -0.2) is 9.37 Å². The molecule has 21 heavy (non-hydrogen) atoms. The molecule has 0 aliphatic heterocycles. The van der Waals surface area contributed by atoms with E-state index in [1.54, 1.807) is 0 Å². The monoisotopic (exact) mass is 372 g/mol. The van der Waals surface area contributed by atoms with Crippen molar-refractivity contribution in [1.29, 1.82) is 0 Å². The van der Waals surface area contributed by atoms with E-state index in [1.807, 2.05) is 6.07 Å². The average molecular weight is 374 g/mol. The summed E-state index contributed by atoms with van der Waals surface area (Å²) < 4.78 is 16.5. The van der Waals surface area contributed by atoms with Crippen LogP contribution >= 0.6 is 27.5 Å². The number of benzene rings is 1. The summed E-state index contributed by atoms with van der Waals surface area (Å²) in [6.45, 7) is 2.30. The van der Waals surface area contributed by atoms with E-state index in [4.69, 9.17) is 11.6 Å². The maximum atomic E-state index is 13.7. The Bertz CT molecular complexity index is 655. The van der Waals surface area contributed by atoms with Crippen LogP contribution in [0.3, 0.4) is 0 Å². The first-order valence-electron chi connectivity index (χ1n) is 7.53. The second-order valence-corrected chi connectivity index (χ2v) is 7.09. The highest BCUT2D eigenvalue weighted by Crippen LogP contribution is 2.37. The zero-order chi connectivity index (χ0) is 15.0. The van der Waals surface area contributed by atoms with Gasteiger partial charge in [0.15, 0.2) is 0 Å². The molecule has 0 bridgehead atoms. The highest BCUT2D eigenvalue weighted by molar-refractivity contribution is 9.10. The number of imidazole rings is 1. The Morgan fingerprint density at radius 1 is 1.33 bits per heavy atom. The fraction of sp³-hybridized carbons (Fsp3) is 0.562. The smallest absolute Gasteiger partial charge is 0.139 e. The lowest BCUT2D eigenvalue weighted by molar-refractivity contribution is 0.335. The molecule has 0 amide bonds. The van der Waals surface area contributed by atoms with E-state index in [-0.39, 0.29) is 5.82 Å². The van der Waals surface area contributed by atoms with E-state index < -0.39 is 0 Å². The number of halogens is 3. The Morgan fingerprint density at radius 3 is 2.86 bits per heavy atom. The molecule has 0 saturated heterocycles. The van der Waals surface area contributed by atoms with Crippen molar-refractivity contribution in [1.82, 2.24) is 9.55 Å². The molecule has 1 aliphatic rings. The number of nitrogens with zero attached hydrogens (tertiary/aromatic N) is 2. The van der Waals surface area contributed by atoms with Crippen LogP contribution in [-0.4, -0.2) is 9.55 Å². The molecule has 1 heterocycles. The van der Waals surface area contributed by atoms with Gasteiger partial charge in [0.2, 0.25) is 0 Å². The van der Waals surface area contributed by atoms with Crippen LogP contribution in [-0.2, 0) is 5.88 Å². The van der Waals surface area contributed by atoms with Gasteiger partial charge in [0.25, 0.3) is 0 Å². The number of hydrogen-bond donors (Lipinski definition) is 0. The first kappa shape index (κ1) is 15.3. The van der Waals surface area contributed by atoms with Gasteiger partial charge in [-0.3, -0.25) is 0 Å². The molecular weight excluding hydrogens is 355 g/mol. The number of rotatable bonds is 2. The first-order valence-corrected chi connectivity index (χ1v) is 8.86. The molecule has 0 spiro atoms. The first-order chi connectivity index (χ1) is 10.1. The topological polar surface area (TPSA) is 17.8 Å². The summed E-state index contributed by atoms with van der Waals surface area (Å²) in [5.74, 6) is 1.53. The molecule has 0 N–H and O–H groups in total. The van der Waals surface area contributed by atoms with Crippen LogP contribution in [0, 0.1) is 11.7 Å². The quantitative estimate of drug-likeness (QED) is 0.479. The van der Waals surface area contributed by atoms with Crippen LogP contribution in [0.25, 0.3) is 11.0 Å². The van der Waals surface area contributed by atoms with Crippen molar-refractivity contribution in [2.24, 2.45) is 5.92 Å². The zero-order valence-corrected chi connectivity index (χ0v) is 14.4. The zero-order valence-electron chi connectivity index (χ0n) is 12.1. The summed E-state index contributed by atoms with van der Waals surface area (Å²) in [5, 5.41) is 0. The maximum Gasteiger partial charge on any atom is 0.139 e. The molecule has 1 aromatic heterocycles. The van der Waals surface area contributed by atoms with Gasteiger partial charge in [0.05, 0.1) is 21.4 Å². The van der Waals surface area contributed by atoms with Gasteiger partial charge < -0.3 is 4.57 Å². The Balaban J connectivity index is 2.17. The van der Waals surface area contributed by atoms with E-state index in [1.165, 1.54) is 31.7 Å². The molecule has 0 radical (unpaired) electrons. The van der Waals surface area contributed by atoms with Crippen molar-refractivity contribution in [3.8, 4) is 0 Å². The SMILES string of the molecule is CC1CCCCCC1n1c(CCl)nc2cc(F)c(Br)cc21. The third-order valence-corrected chi connectivity index (χ3v) is 5.42. The second kappa shape index (κ2) is 6.25. The minimum atomic E-state index is -0.276. The summed E-state index contributed by atoms with van der Waals surface area (Å²) in [6.07, 6.45) is 6.19. The Kier molecular flexibility index (Phi) is 4.55. The summed E-state index contributed by atoms with van der Waals surface area (Å²) in [6, 6.07) is 3.74. The van der Waals surface area contributed by atoms with E-state index in [2.05, 4.69) is 32.4 Å². The van der Waals surface area contributed by atoms with Crippen LogP contribution in [0.5, 0.6) is 0 Å². The lowest BCUT2D eigenvalue weighted by atomic mass is 9.96. The Labute approximate surface area is 137 Å². The highest BCUT2D eigenvalue weighted by Gasteiger charge is 2.26. The summed E-state index contributed by atoms with van der Waals surface area (Å²) >= 11 is 9.39. The van der Waals surface area contributed by atoms with Crippen molar-refractivity contribution in [3.63, 3.8) is 0 Å². The predicted octanol–water partition coefficient (Wildman–Crippen LogP) is 5.82. The standard InChI is InChI=1S/C16H19BrClFN2/c1-10-5-3-2-4-6-14(10)21-15-7-11(17)12(19)8-13(15)20-16(21)9-18/h7-8,10,14H,2-6,9H2,1H3. The maximum absolute atomic E-state index is 13.7. The van der Waals surface area contributed by atoms with Gasteiger partial charge in [-0.1, -0.05) is 26.2 Å². The number of aromatic nitrogens is 2. The van der Waals surface area contributed by atoms with Crippen LogP contribution in [0.1, 0.15) is 50.9 Å². The lowest BCUT2D eigenvalue weighted by Gasteiger charge is -2.25. The van der Waals surface area contributed by atoms with Gasteiger partial charge in [0, 0.05) is 12.1 Å². The van der Waals surface area contributed by atoms with Crippen LogP contribution in [0.4, 0.5) is 4.39 Å². The molecule has 3 rings (SSSR count). The van der Waals surface area contributed by atoms with Crippen LogP contribution in [0.2, 0.25) is 0 Å². The van der Waals surface area contributed by atoms with Crippen molar-refractivity contribution < 1.29 is 4.39 Å². The number of alkyl halides is 1. The third-order valence-electron chi connectivity index (χ3n) is 4.57. The molecule has 114 valence electrons. The predicted molar refractivity (Wildman–Crippen MR) is 88.2 cm³/mol. The van der Waals surface area contributed by atoms with Crippen molar-refractivity contribution in [3.05, 3.63) is 28.2 Å². The van der Waals surface area contributed by atoms with Crippen molar-refractivity contribution in [2.45, 2.75) is 50.9 Å². The lowest BCUT2D eigenvalue weighted by Crippen LogP contribution is -2.18. The minimum absolute atomic E-state index is 0.276. The average Bonchev–Trinajstić information content (AvgIpc) is 2.66. The highest BCUT2D eigenvalue weighted by atomic mass is 79.9. The Morgan fingerprint density at radius 2 is 2.10 bits per heavy atom. The largest absolute Gasteiger partial charge is 0.324 e. The van der Waals surface area contributed by atoms with E-state index in [0.29, 0.717) is 27.8 Å². The molecule has 2 aromatic rings. The molecule has 1 aliphatic carbocycles. The molecule has 1 fully saturated rings. The second-order valence-electron chi connectivity index (χ2n) is 5.97. The van der Waals surface area contributed by atoms with E-state index >= 15 is 0 Å². The van der Waals surface area contributed by atoms with Gasteiger partial charge in [-0.15, -0.1) is 11.6 Å². The fourth-order valence-corrected chi connectivity index (χ4v) is 3.98. The third kappa shape index (κ3) is 2.85. The van der Waals surface area contributed by atoms with Crippen LogP contribution in [0.15, 0.2) is 16.6 Å². The normalized spacial score (nSPS) is 23.4. The molecule has 2 atom stereocenters. The molecule has 1 aromatic carbocycles. The number of hydrogen-bond acceptors (Lipinski definition) is 1. The van der Waals surface area contributed by atoms with Crippen molar-refractivity contribution in [2.75, 3.05) is 0 Å². The summed E-state index contributed by atoms with van der Waals surface area (Å²) in [7, 11) is 0. The van der Waals surface area contributed by atoms with Gasteiger partial charge in [0.1, 0.15) is 11.6 Å². The Hall–Kier alpha value is -0.610. The van der Waals surface area contributed by atoms with Crippen LogP contribution < -0.4 is 0 Å². The fourth-order valence-electron chi connectivity index (χ4n) is 3.46. The van der Waals surface area contributed by atoms with Gasteiger partial charge in [-0.2, -0.15) is 0 Å². The number of fused-ring (bicyclic) bond motifs is 1. The molecular formula is C16H19BrClFN2. The van der Waals surface area contributed by atoms with E-state index in [0.717, 1.165) is 17.8 Å². The summed E-state index contributed by atoms with van der Waals surface area (Å²) in [4.78, 5) is 4.54. The molecule has 1 saturated carbocycles. The minimum Gasteiger partial charge on any atom is -0.324 e.